The summed E-state index contributed by atoms with van der Waals surface area (Å²) in [6.45, 7) is 0.812. The summed E-state index contributed by atoms with van der Waals surface area (Å²) in [6.07, 6.45) is -0.139. The van der Waals surface area contributed by atoms with E-state index in [-0.39, 0.29) is 25.0 Å². The number of carboxylic acids is 1. The molecule has 1 saturated heterocycles. The van der Waals surface area contributed by atoms with E-state index >= 15 is 0 Å². The number of ether oxygens (including phenoxy) is 1. The van der Waals surface area contributed by atoms with Crippen LogP contribution in [0.4, 0.5) is 10.5 Å². The second-order valence-corrected chi connectivity index (χ2v) is 9.57. The first-order valence-electron chi connectivity index (χ1n) is 11.4. The molecular weight excluding hydrogens is 512 g/mol. The Morgan fingerprint density at radius 2 is 1.66 bits per heavy atom. The highest BCUT2D eigenvalue weighted by Crippen LogP contribution is 2.44. The molecule has 35 heavy (non-hydrogen) atoms. The Bertz CT molecular complexity index is 1280. The minimum absolute atomic E-state index is 0.0355. The zero-order valence-corrected chi connectivity index (χ0v) is 20.3. The van der Waals surface area contributed by atoms with Crippen molar-refractivity contribution in [3.8, 4) is 11.1 Å². The maximum Gasteiger partial charge on any atom is 0.411 e. The summed E-state index contributed by atoms with van der Waals surface area (Å²) in [5.41, 5.74) is 5.49. The molecule has 0 spiro atoms. The molecular formula is C27H23BrN2O5. The molecule has 1 aliphatic carbocycles. The number of rotatable bonds is 5. The summed E-state index contributed by atoms with van der Waals surface area (Å²) < 4.78 is 6.12. The van der Waals surface area contributed by atoms with Gasteiger partial charge in [0.2, 0.25) is 0 Å². The molecule has 2 aliphatic rings. The molecule has 1 heterocycles. The number of nitrogens with zero attached hydrogens (tertiary/aromatic N) is 1. The van der Waals surface area contributed by atoms with Gasteiger partial charge < -0.3 is 14.7 Å². The number of aliphatic carboxylic acids is 1. The third-order valence-electron chi connectivity index (χ3n) is 6.62. The molecule has 0 bridgehead atoms. The maximum absolute atomic E-state index is 12.8. The standard InChI is InChI=1S/C27H23BrN2O5/c28-23-13-16(25(31)30-12-11-17(14-30)26(32)33)9-10-24(23)29-27(34)35-15-22-20-7-3-1-5-18(20)19-6-2-4-8-21(19)22/h1-10,13,17,22H,11-12,14-15H2,(H,29,34)(H,32,33). The maximum atomic E-state index is 12.8. The van der Waals surface area contributed by atoms with Crippen molar-refractivity contribution in [2.75, 3.05) is 25.0 Å². The number of fused-ring (bicyclic) bond motifs is 3. The van der Waals surface area contributed by atoms with Gasteiger partial charge in [-0.15, -0.1) is 0 Å². The molecule has 0 radical (unpaired) electrons. The van der Waals surface area contributed by atoms with Crippen LogP contribution < -0.4 is 5.32 Å². The van der Waals surface area contributed by atoms with E-state index in [1.807, 2.05) is 24.3 Å². The minimum Gasteiger partial charge on any atom is -0.481 e. The molecule has 5 rings (SSSR count). The Labute approximate surface area is 210 Å². The highest BCUT2D eigenvalue weighted by Gasteiger charge is 2.32. The van der Waals surface area contributed by atoms with Crippen LogP contribution in [-0.4, -0.2) is 47.7 Å². The van der Waals surface area contributed by atoms with Gasteiger partial charge in [-0.2, -0.15) is 0 Å². The number of benzene rings is 3. The van der Waals surface area contributed by atoms with Gasteiger partial charge in [-0.3, -0.25) is 14.9 Å². The molecule has 1 fully saturated rings. The first-order valence-corrected chi connectivity index (χ1v) is 12.2. The predicted molar refractivity (Wildman–Crippen MR) is 134 cm³/mol. The third-order valence-corrected chi connectivity index (χ3v) is 7.28. The van der Waals surface area contributed by atoms with E-state index in [2.05, 4.69) is 45.5 Å². The summed E-state index contributed by atoms with van der Waals surface area (Å²) in [6, 6.07) is 21.1. The summed E-state index contributed by atoms with van der Waals surface area (Å²) >= 11 is 3.41. The van der Waals surface area contributed by atoms with E-state index in [9.17, 15) is 14.4 Å². The molecule has 1 unspecified atom stereocenters. The van der Waals surface area contributed by atoms with Gasteiger partial charge in [0.15, 0.2) is 0 Å². The normalized spacial score (nSPS) is 16.5. The van der Waals surface area contributed by atoms with Gasteiger partial charge in [0.05, 0.1) is 11.6 Å². The Morgan fingerprint density at radius 3 is 2.26 bits per heavy atom. The molecule has 178 valence electrons. The van der Waals surface area contributed by atoms with Crippen LogP contribution in [0.3, 0.4) is 0 Å². The average molecular weight is 535 g/mol. The van der Waals surface area contributed by atoms with Crippen molar-refractivity contribution < 1.29 is 24.2 Å². The molecule has 2 amide bonds. The van der Waals surface area contributed by atoms with E-state index in [1.165, 1.54) is 0 Å². The van der Waals surface area contributed by atoms with Crippen molar-refractivity contribution in [2.24, 2.45) is 5.92 Å². The number of hydrogen-bond acceptors (Lipinski definition) is 4. The van der Waals surface area contributed by atoms with Gasteiger partial charge in [0, 0.05) is 29.0 Å². The number of carbonyl (C=O) groups excluding carboxylic acids is 2. The smallest absolute Gasteiger partial charge is 0.411 e. The topological polar surface area (TPSA) is 95.9 Å². The zero-order chi connectivity index (χ0) is 24.5. The number of carboxylic acid groups (broad SMARTS) is 1. The Hall–Kier alpha value is -3.65. The monoisotopic (exact) mass is 534 g/mol. The second-order valence-electron chi connectivity index (χ2n) is 8.72. The van der Waals surface area contributed by atoms with Crippen LogP contribution in [0, 0.1) is 5.92 Å². The number of carbonyl (C=O) groups is 3. The van der Waals surface area contributed by atoms with Crippen molar-refractivity contribution in [2.45, 2.75) is 12.3 Å². The van der Waals surface area contributed by atoms with E-state index in [4.69, 9.17) is 9.84 Å². The fourth-order valence-corrected chi connectivity index (χ4v) is 5.30. The summed E-state index contributed by atoms with van der Waals surface area (Å²) in [7, 11) is 0. The third kappa shape index (κ3) is 4.53. The minimum atomic E-state index is -0.885. The van der Waals surface area contributed by atoms with E-state index in [1.54, 1.807) is 23.1 Å². The van der Waals surface area contributed by atoms with Gasteiger partial charge in [-0.1, -0.05) is 48.5 Å². The van der Waals surface area contributed by atoms with Crippen LogP contribution in [-0.2, 0) is 9.53 Å². The SMILES string of the molecule is O=C(Nc1ccc(C(=O)N2CCC(C(=O)O)C2)cc1Br)OCC1c2ccccc2-c2ccccc21. The van der Waals surface area contributed by atoms with Crippen LogP contribution in [0.1, 0.15) is 33.8 Å². The second kappa shape index (κ2) is 9.54. The van der Waals surface area contributed by atoms with Gasteiger partial charge in [0.25, 0.3) is 5.91 Å². The van der Waals surface area contributed by atoms with E-state index in [0.29, 0.717) is 28.7 Å². The van der Waals surface area contributed by atoms with Crippen LogP contribution in [0.2, 0.25) is 0 Å². The first-order chi connectivity index (χ1) is 16.9. The van der Waals surface area contributed by atoms with Gasteiger partial charge in [-0.25, -0.2) is 4.79 Å². The number of amides is 2. The first kappa shape index (κ1) is 23.1. The van der Waals surface area contributed by atoms with Gasteiger partial charge >= 0.3 is 12.1 Å². The summed E-state index contributed by atoms with van der Waals surface area (Å²) in [4.78, 5) is 38.0. The highest BCUT2D eigenvalue weighted by atomic mass is 79.9. The number of halogens is 1. The number of nitrogens with one attached hydrogen (secondary N) is 1. The molecule has 0 aromatic heterocycles. The van der Waals surface area contributed by atoms with E-state index in [0.717, 1.165) is 22.3 Å². The lowest BCUT2D eigenvalue weighted by atomic mass is 9.98. The molecule has 0 saturated carbocycles. The Morgan fingerprint density at radius 1 is 1.00 bits per heavy atom. The van der Waals surface area contributed by atoms with Gasteiger partial charge in [-0.05, 0) is 62.8 Å². The quantitative estimate of drug-likeness (QED) is 0.459. The number of anilines is 1. The average Bonchev–Trinajstić information content (AvgIpc) is 3.47. The molecule has 2 N–H and O–H groups in total. The highest BCUT2D eigenvalue weighted by molar-refractivity contribution is 9.10. The lowest BCUT2D eigenvalue weighted by molar-refractivity contribution is -0.141. The Kier molecular flexibility index (Phi) is 6.30. The fraction of sp³-hybridized carbons (Fsp3) is 0.222. The summed E-state index contributed by atoms with van der Waals surface area (Å²) in [5.74, 6) is -1.69. The molecule has 3 aromatic carbocycles. The van der Waals surface area contributed by atoms with Crippen LogP contribution in [0.5, 0.6) is 0 Å². The van der Waals surface area contributed by atoms with Crippen molar-refractivity contribution in [1.82, 2.24) is 4.90 Å². The summed E-state index contributed by atoms with van der Waals surface area (Å²) in [5, 5.41) is 11.9. The van der Waals surface area contributed by atoms with Crippen molar-refractivity contribution >= 4 is 39.6 Å². The van der Waals surface area contributed by atoms with Gasteiger partial charge in [0.1, 0.15) is 6.61 Å². The van der Waals surface area contributed by atoms with Crippen LogP contribution in [0.15, 0.2) is 71.2 Å². The lowest BCUT2D eigenvalue weighted by Gasteiger charge is -2.17. The lowest BCUT2D eigenvalue weighted by Crippen LogP contribution is -2.30. The van der Waals surface area contributed by atoms with Crippen molar-refractivity contribution in [1.29, 1.82) is 0 Å². The zero-order valence-electron chi connectivity index (χ0n) is 18.7. The predicted octanol–water partition coefficient (Wildman–Crippen LogP) is 5.36. The number of hydrogen-bond donors (Lipinski definition) is 2. The van der Waals surface area contributed by atoms with Crippen molar-refractivity contribution in [3.63, 3.8) is 0 Å². The van der Waals surface area contributed by atoms with Crippen molar-refractivity contribution in [3.05, 3.63) is 87.9 Å². The Balaban J connectivity index is 1.23. The molecule has 7 nitrogen and oxygen atoms in total. The molecule has 1 aliphatic heterocycles. The van der Waals surface area contributed by atoms with Crippen LogP contribution in [0.25, 0.3) is 11.1 Å². The van der Waals surface area contributed by atoms with Crippen LogP contribution >= 0.6 is 15.9 Å². The largest absolute Gasteiger partial charge is 0.481 e. The van der Waals surface area contributed by atoms with E-state index < -0.39 is 18.0 Å². The molecule has 8 heteroatoms. The fourth-order valence-electron chi connectivity index (χ4n) is 4.82. The molecule has 3 aromatic rings. The number of likely N-dealkylation sites (tertiary alicyclic amines) is 1. The molecule has 1 atom stereocenters.